The molecule has 4 heteroatoms. The van der Waals surface area contributed by atoms with Gasteiger partial charge in [-0.25, -0.2) is 9.18 Å². The summed E-state index contributed by atoms with van der Waals surface area (Å²) in [6.45, 7) is 13.3. The number of carbonyl (C=O) groups is 1. The molecule has 2 rings (SSSR count). The molecule has 0 radical (unpaired) electrons. The molecule has 0 unspecified atom stereocenters. The van der Waals surface area contributed by atoms with Crippen LogP contribution in [0, 0.1) is 17.3 Å². The third-order valence-corrected chi connectivity index (χ3v) is 11.8. The fourth-order valence-electron chi connectivity index (χ4n) is 4.17. The number of benzene rings is 2. The van der Waals surface area contributed by atoms with E-state index in [1.54, 1.807) is 18.2 Å². The molecule has 2 aromatic rings. The number of rotatable bonds is 4. The minimum absolute atomic E-state index is 0.193. The Labute approximate surface area is 156 Å². The van der Waals surface area contributed by atoms with Crippen LogP contribution in [0.3, 0.4) is 0 Å². The van der Waals surface area contributed by atoms with Crippen molar-refractivity contribution < 1.29 is 14.3 Å². The van der Waals surface area contributed by atoms with E-state index in [2.05, 4.69) is 53.0 Å². The van der Waals surface area contributed by atoms with E-state index >= 15 is 0 Å². The molecule has 138 valence electrons. The zero-order valence-electron chi connectivity index (χ0n) is 16.4. The normalized spacial score (nSPS) is 11.9. The molecule has 0 aliphatic heterocycles. The van der Waals surface area contributed by atoms with Crippen LogP contribution >= 0.6 is 0 Å². The minimum atomic E-state index is -1.97. The smallest absolute Gasteiger partial charge is 0.335 e. The fraction of sp³-hybridized carbons (Fsp3) is 0.409. The molecule has 0 aliphatic carbocycles. The maximum Gasteiger partial charge on any atom is 0.335 e. The van der Waals surface area contributed by atoms with Gasteiger partial charge in [-0.1, -0.05) is 59.6 Å². The topological polar surface area (TPSA) is 37.3 Å². The first kappa shape index (κ1) is 20.2. The van der Waals surface area contributed by atoms with Gasteiger partial charge < -0.3 is 5.11 Å². The van der Waals surface area contributed by atoms with E-state index in [1.165, 1.54) is 12.1 Å². The molecule has 0 atom stereocenters. The molecule has 0 heterocycles. The molecule has 2 nitrogen and oxygen atoms in total. The SMILES string of the molecule is CC(C)[Si](C#Cc1c(F)ccc2cc(C(=O)O)ccc12)(C(C)C)C(C)C. The number of carboxylic acid groups (broad SMARTS) is 1. The maximum atomic E-state index is 14.6. The Bertz CT molecular complexity index is 866. The predicted molar refractivity (Wildman–Crippen MR) is 109 cm³/mol. The van der Waals surface area contributed by atoms with E-state index in [9.17, 15) is 9.18 Å². The Morgan fingerprint density at radius 1 is 1.00 bits per heavy atom. The number of hydrogen-bond donors (Lipinski definition) is 1. The molecular weight excluding hydrogens is 343 g/mol. The fourth-order valence-corrected chi connectivity index (χ4v) is 9.37. The third-order valence-electron chi connectivity index (χ3n) is 5.49. The highest BCUT2D eigenvalue weighted by molar-refractivity contribution is 6.90. The second-order valence-electron chi connectivity index (χ2n) is 7.81. The second kappa shape index (κ2) is 7.63. The van der Waals surface area contributed by atoms with Gasteiger partial charge in [0.2, 0.25) is 0 Å². The maximum absolute atomic E-state index is 14.6. The Morgan fingerprint density at radius 3 is 2.08 bits per heavy atom. The van der Waals surface area contributed by atoms with Crippen molar-refractivity contribution in [3.8, 4) is 11.5 Å². The lowest BCUT2D eigenvalue weighted by Crippen LogP contribution is -2.43. The summed E-state index contributed by atoms with van der Waals surface area (Å²) >= 11 is 0. The summed E-state index contributed by atoms with van der Waals surface area (Å²) in [5.74, 6) is 1.83. The molecule has 0 fully saturated rings. The average Bonchev–Trinajstić information content (AvgIpc) is 2.55. The quantitative estimate of drug-likeness (QED) is 0.510. The first-order chi connectivity index (χ1) is 12.1. The van der Waals surface area contributed by atoms with Crippen molar-refractivity contribution in [1.29, 1.82) is 0 Å². The Morgan fingerprint density at radius 2 is 1.58 bits per heavy atom. The van der Waals surface area contributed by atoms with Gasteiger partial charge in [-0.3, -0.25) is 0 Å². The summed E-state index contributed by atoms with van der Waals surface area (Å²) in [6, 6.07) is 7.73. The van der Waals surface area contributed by atoms with Gasteiger partial charge in [0.1, 0.15) is 13.9 Å². The highest BCUT2D eigenvalue weighted by atomic mass is 28.3. The van der Waals surface area contributed by atoms with Crippen molar-refractivity contribution in [3.05, 3.63) is 47.3 Å². The lowest BCUT2D eigenvalue weighted by Gasteiger charge is -2.38. The van der Waals surface area contributed by atoms with Gasteiger partial charge in [0.15, 0.2) is 0 Å². The summed E-state index contributed by atoms with van der Waals surface area (Å²) in [5, 5.41) is 10.5. The van der Waals surface area contributed by atoms with Crippen molar-refractivity contribution in [1.82, 2.24) is 0 Å². The van der Waals surface area contributed by atoms with Gasteiger partial charge in [0.25, 0.3) is 0 Å². The number of fused-ring (bicyclic) bond motifs is 1. The Kier molecular flexibility index (Phi) is 5.93. The van der Waals surface area contributed by atoms with Crippen LogP contribution < -0.4 is 0 Å². The summed E-state index contributed by atoms with van der Waals surface area (Å²) in [4.78, 5) is 11.2. The third kappa shape index (κ3) is 3.54. The summed E-state index contributed by atoms with van der Waals surface area (Å²) in [5.41, 5.74) is 5.51. The van der Waals surface area contributed by atoms with Crippen LogP contribution in [0.1, 0.15) is 57.5 Å². The standard InChI is InChI=1S/C22H27FO2Si/c1-14(2)26(15(3)4,16(5)6)12-11-20-19-9-7-18(22(24)25)13-17(19)8-10-21(20)23/h7-10,13-16H,1-6H3,(H,24,25). The largest absolute Gasteiger partial charge is 0.478 e. The molecule has 0 aromatic heterocycles. The van der Waals surface area contributed by atoms with Gasteiger partial charge in [-0.15, -0.1) is 5.54 Å². The van der Waals surface area contributed by atoms with Crippen LogP contribution in [0.4, 0.5) is 4.39 Å². The average molecular weight is 371 g/mol. The summed E-state index contributed by atoms with van der Waals surface area (Å²) < 4.78 is 14.6. The number of aromatic carboxylic acids is 1. The Hall–Kier alpha value is -2.12. The molecule has 26 heavy (non-hydrogen) atoms. The molecule has 0 spiro atoms. The number of hydrogen-bond acceptors (Lipinski definition) is 1. The Balaban J connectivity index is 2.70. The van der Waals surface area contributed by atoms with Crippen molar-refractivity contribution in [3.63, 3.8) is 0 Å². The van der Waals surface area contributed by atoms with E-state index < -0.39 is 14.0 Å². The van der Waals surface area contributed by atoms with Crippen LogP contribution in [0.25, 0.3) is 10.8 Å². The van der Waals surface area contributed by atoms with E-state index in [4.69, 9.17) is 5.11 Å². The second-order valence-corrected chi connectivity index (χ2v) is 13.4. The first-order valence-electron chi connectivity index (χ1n) is 9.10. The molecular formula is C22H27FO2Si. The van der Waals surface area contributed by atoms with E-state index in [1.807, 2.05) is 0 Å². The summed E-state index contributed by atoms with van der Waals surface area (Å²) in [7, 11) is -1.97. The predicted octanol–water partition coefficient (Wildman–Crippen LogP) is 6.25. The monoisotopic (exact) mass is 370 g/mol. The first-order valence-corrected chi connectivity index (χ1v) is 11.3. The highest BCUT2D eigenvalue weighted by Gasteiger charge is 2.41. The van der Waals surface area contributed by atoms with Crippen LogP contribution in [0.15, 0.2) is 30.3 Å². The van der Waals surface area contributed by atoms with Crippen LogP contribution in [0.2, 0.25) is 16.6 Å². The highest BCUT2D eigenvalue weighted by Crippen LogP contribution is 2.41. The molecule has 0 aliphatic rings. The number of halogens is 1. The van der Waals surface area contributed by atoms with Crippen molar-refractivity contribution in [2.45, 2.75) is 58.2 Å². The molecule has 0 saturated heterocycles. The summed E-state index contributed by atoms with van der Waals surface area (Å²) in [6.07, 6.45) is 0. The molecule has 1 N–H and O–H groups in total. The van der Waals surface area contributed by atoms with Gasteiger partial charge in [0.05, 0.1) is 11.1 Å². The van der Waals surface area contributed by atoms with E-state index in [0.29, 0.717) is 33.0 Å². The molecule has 0 bridgehead atoms. The molecule has 0 saturated carbocycles. The van der Waals surface area contributed by atoms with E-state index in [0.717, 1.165) is 0 Å². The van der Waals surface area contributed by atoms with Crippen molar-refractivity contribution in [2.75, 3.05) is 0 Å². The van der Waals surface area contributed by atoms with Gasteiger partial charge in [0, 0.05) is 5.39 Å². The lowest BCUT2D eigenvalue weighted by molar-refractivity contribution is 0.0697. The number of carboxylic acids is 1. The van der Waals surface area contributed by atoms with Crippen molar-refractivity contribution >= 4 is 24.8 Å². The molecule has 0 amide bonds. The van der Waals surface area contributed by atoms with Gasteiger partial charge >= 0.3 is 5.97 Å². The van der Waals surface area contributed by atoms with Gasteiger partial charge in [-0.05, 0) is 40.2 Å². The molecule has 2 aromatic carbocycles. The van der Waals surface area contributed by atoms with Crippen LogP contribution in [-0.4, -0.2) is 19.1 Å². The zero-order valence-corrected chi connectivity index (χ0v) is 17.4. The lowest BCUT2D eigenvalue weighted by atomic mass is 10.0. The van der Waals surface area contributed by atoms with E-state index in [-0.39, 0.29) is 11.4 Å². The van der Waals surface area contributed by atoms with Gasteiger partial charge in [-0.2, -0.15) is 0 Å². The van der Waals surface area contributed by atoms with Crippen LogP contribution in [-0.2, 0) is 0 Å². The van der Waals surface area contributed by atoms with Crippen LogP contribution in [0.5, 0.6) is 0 Å². The van der Waals surface area contributed by atoms with Crippen molar-refractivity contribution in [2.24, 2.45) is 0 Å². The minimum Gasteiger partial charge on any atom is -0.478 e. The zero-order chi connectivity index (χ0) is 19.6.